The quantitative estimate of drug-likeness (QED) is 0.501. The molecule has 4 rings (SSSR count). The van der Waals surface area contributed by atoms with E-state index in [0.717, 1.165) is 16.9 Å². The Balaban J connectivity index is 1.42. The Kier molecular flexibility index (Phi) is 6.78. The molecule has 0 atom stereocenters. The number of rotatable bonds is 6. The number of aromatic nitrogens is 3. The highest BCUT2D eigenvalue weighted by Gasteiger charge is 2.22. The van der Waals surface area contributed by atoms with E-state index in [1.807, 2.05) is 17.0 Å². The van der Waals surface area contributed by atoms with Gasteiger partial charge in [0.1, 0.15) is 17.0 Å². The van der Waals surface area contributed by atoms with Crippen LogP contribution in [0.4, 0.5) is 10.9 Å². The van der Waals surface area contributed by atoms with E-state index in [9.17, 15) is 4.79 Å². The van der Waals surface area contributed by atoms with Crippen molar-refractivity contribution in [3.05, 3.63) is 57.2 Å². The van der Waals surface area contributed by atoms with Crippen LogP contribution in [0.5, 0.6) is 5.19 Å². The van der Waals surface area contributed by atoms with Gasteiger partial charge in [-0.25, -0.2) is 4.98 Å². The molecule has 0 saturated carbocycles. The molecule has 1 fully saturated rings. The second-order valence-electron chi connectivity index (χ2n) is 6.35. The number of anilines is 2. The topological polar surface area (TPSA) is 89.5 Å². The molecule has 0 radical (unpaired) electrons. The van der Waals surface area contributed by atoms with Gasteiger partial charge in [0.15, 0.2) is 0 Å². The van der Waals surface area contributed by atoms with Crippen molar-refractivity contribution < 1.29 is 14.3 Å². The van der Waals surface area contributed by atoms with Crippen molar-refractivity contribution in [1.82, 2.24) is 15.2 Å². The van der Waals surface area contributed by atoms with Gasteiger partial charge in [-0.15, -0.1) is 5.10 Å². The van der Waals surface area contributed by atoms with Crippen LogP contribution in [0, 0.1) is 0 Å². The molecule has 1 aliphatic rings. The smallest absolute Gasteiger partial charge is 0.296 e. The average Bonchev–Trinajstić information content (AvgIpc) is 3.21. The highest BCUT2D eigenvalue weighted by Crippen LogP contribution is 2.26. The average molecular weight is 511 g/mol. The molecule has 11 heteroatoms. The van der Waals surface area contributed by atoms with Crippen molar-refractivity contribution in [3.63, 3.8) is 0 Å². The number of amides is 1. The van der Waals surface area contributed by atoms with Gasteiger partial charge >= 0.3 is 0 Å². The molecule has 1 aromatic carbocycles. The van der Waals surface area contributed by atoms with Crippen molar-refractivity contribution in [2.45, 2.75) is 6.61 Å². The number of morpholine rings is 1. The molecule has 3 aromatic rings. The van der Waals surface area contributed by atoms with Crippen LogP contribution < -0.4 is 15.0 Å². The third-order valence-electron chi connectivity index (χ3n) is 4.30. The summed E-state index contributed by atoms with van der Waals surface area (Å²) in [5, 5.41) is 12.1. The lowest BCUT2D eigenvalue weighted by Gasteiger charge is -2.29. The summed E-state index contributed by atoms with van der Waals surface area (Å²) >= 11 is 10.4. The predicted molar refractivity (Wildman–Crippen MR) is 119 cm³/mol. The Morgan fingerprint density at radius 2 is 1.97 bits per heavy atom. The highest BCUT2D eigenvalue weighted by molar-refractivity contribution is 9.10. The maximum atomic E-state index is 12.9. The summed E-state index contributed by atoms with van der Waals surface area (Å²) in [6.45, 7) is 2.87. The number of pyridine rings is 1. The molecule has 156 valence electrons. The minimum Gasteiger partial charge on any atom is -0.464 e. The fraction of sp³-hybridized carbons (Fsp3) is 0.263. The maximum Gasteiger partial charge on any atom is 0.296 e. The summed E-state index contributed by atoms with van der Waals surface area (Å²) in [7, 11) is 0. The van der Waals surface area contributed by atoms with E-state index in [2.05, 4.69) is 36.4 Å². The van der Waals surface area contributed by atoms with Crippen LogP contribution >= 0.6 is 38.9 Å². The molecule has 1 N–H and O–H groups in total. The van der Waals surface area contributed by atoms with E-state index < -0.39 is 0 Å². The summed E-state index contributed by atoms with van der Waals surface area (Å²) in [5.41, 5.74) is 1.41. The van der Waals surface area contributed by atoms with E-state index in [4.69, 9.17) is 21.1 Å². The first-order valence-corrected chi connectivity index (χ1v) is 11.1. The lowest BCUT2D eigenvalue weighted by atomic mass is 10.2. The molecule has 0 bridgehead atoms. The number of nitrogens with zero attached hydrogens (tertiary/aromatic N) is 4. The van der Waals surface area contributed by atoms with Crippen molar-refractivity contribution in [2.24, 2.45) is 0 Å². The zero-order valence-corrected chi connectivity index (χ0v) is 18.8. The molecular formula is C19H17BrClN5O3S. The van der Waals surface area contributed by atoms with Crippen LogP contribution in [0.2, 0.25) is 5.02 Å². The van der Waals surface area contributed by atoms with Gasteiger partial charge in [0.25, 0.3) is 11.1 Å². The summed E-state index contributed by atoms with van der Waals surface area (Å²) in [6, 6.07) is 10.8. The molecule has 3 heterocycles. The van der Waals surface area contributed by atoms with Crippen LogP contribution in [0.15, 0.2) is 41.0 Å². The van der Waals surface area contributed by atoms with Gasteiger partial charge in [0.05, 0.1) is 18.8 Å². The van der Waals surface area contributed by atoms with Gasteiger partial charge in [-0.3, -0.25) is 10.1 Å². The number of benzene rings is 1. The number of ether oxygens (including phenoxy) is 2. The summed E-state index contributed by atoms with van der Waals surface area (Å²) in [4.78, 5) is 19.4. The largest absolute Gasteiger partial charge is 0.464 e. The van der Waals surface area contributed by atoms with Crippen molar-refractivity contribution in [1.29, 1.82) is 0 Å². The zero-order valence-electron chi connectivity index (χ0n) is 15.7. The third kappa shape index (κ3) is 5.25. The van der Waals surface area contributed by atoms with Gasteiger partial charge in [0, 0.05) is 18.1 Å². The molecular weight excluding hydrogens is 494 g/mol. The Labute approximate surface area is 190 Å². The number of hydrogen-bond donors (Lipinski definition) is 1. The van der Waals surface area contributed by atoms with Crippen LogP contribution in [-0.2, 0) is 11.3 Å². The number of carbonyl (C=O) groups is 1. The second-order valence-corrected chi connectivity index (χ2v) is 8.54. The molecule has 2 aromatic heterocycles. The minimum absolute atomic E-state index is 0.308. The molecule has 1 amide bonds. The van der Waals surface area contributed by atoms with Crippen LogP contribution in [-0.4, -0.2) is 47.4 Å². The maximum absolute atomic E-state index is 12.9. The van der Waals surface area contributed by atoms with Crippen molar-refractivity contribution in [2.75, 3.05) is 36.5 Å². The van der Waals surface area contributed by atoms with Crippen LogP contribution in [0.25, 0.3) is 0 Å². The van der Waals surface area contributed by atoms with E-state index in [-0.39, 0.29) is 5.91 Å². The Morgan fingerprint density at radius 1 is 1.20 bits per heavy atom. The van der Waals surface area contributed by atoms with Crippen LogP contribution in [0.3, 0.4) is 0 Å². The molecule has 30 heavy (non-hydrogen) atoms. The van der Waals surface area contributed by atoms with Gasteiger partial charge in [-0.05, 0) is 57.1 Å². The van der Waals surface area contributed by atoms with Crippen LogP contribution in [0.1, 0.15) is 15.9 Å². The van der Waals surface area contributed by atoms with E-state index >= 15 is 0 Å². The second kappa shape index (κ2) is 9.69. The third-order valence-corrected chi connectivity index (χ3v) is 5.74. The van der Waals surface area contributed by atoms with Gasteiger partial charge in [0.2, 0.25) is 5.13 Å². The fourth-order valence-corrected chi connectivity index (χ4v) is 3.84. The summed E-state index contributed by atoms with van der Waals surface area (Å²) in [6.07, 6.45) is 0. The molecule has 1 saturated heterocycles. The molecule has 0 spiro atoms. The first-order valence-electron chi connectivity index (χ1n) is 9.10. The molecule has 0 aliphatic carbocycles. The SMILES string of the molecule is O=C(Nc1nnc(OCc2ccc(Cl)cc2)s1)c1ccc(Br)nc1N1CCOCC1. The normalized spacial score (nSPS) is 13.9. The monoisotopic (exact) mass is 509 g/mol. The van der Waals surface area contributed by atoms with Crippen molar-refractivity contribution >= 4 is 55.7 Å². The lowest BCUT2D eigenvalue weighted by Crippen LogP contribution is -2.38. The highest BCUT2D eigenvalue weighted by atomic mass is 79.9. The summed E-state index contributed by atoms with van der Waals surface area (Å²) in [5.74, 6) is 0.297. The van der Waals surface area contributed by atoms with Gasteiger partial charge < -0.3 is 14.4 Å². The number of carbonyl (C=O) groups excluding carboxylic acids is 1. The molecule has 0 unspecified atom stereocenters. The fourth-order valence-electron chi connectivity index (χ4n) is 2.83. The standard InChI is InChI=1S/C19H17BrClN5O3S/c20-15-6-5-14(16(22-15)26-7-9-28-10-8-26)17(27)23-18-24-25-19(30-18)29-11-12-1-3-13(21)4-2-12/h1-6H,7-11H2,(H,23,24,27). The van der Waals surface area contributed by atoms with Crippen molar-refractivity contribution in [3.8, 4) is 5.19 Å². The molecule has 8 nitrogen and oxygen atoms in total. The first-order chi connectivity index (χ1) is 14.6. The van der Waals surface area contributed by atoms with E-state index in [1.165, 1.54) is 0 Å². The number of hydrogen-bond acceptors (Lipinski definition) is 8. The van der Waals surface area contributed by atoms with Gasteiger partial charge in [-0.1, -0.05) is 28.8 Å². The molecule has 1 aliphatic heterocycles. The van der Waals surface area contributed by atoms with Gasteiger partial charge in [-0.2, -0.15) is 0 Å². The first kappa shape index (κ1) is 21.0. The number of halogens is 2. The van der Waals surface area contributed by atoms with E-state index in [1.54, 1.807) is 24.3 Å². The lowest BCUT2D eigenvalue weighted by molar-refractivity contribution is 0.102. The Bertz CT molecular complexity index is 1030. The van der Waals surface area contributed by atoms with E-state index in [0.29, 0.717) is 64.2 Å². The summed E-state index contributed by atoms with van der Waals surface area (Å²) < 4.78 is 11.7. The predicted octanol–water partition coefficient (Wildman–Crippen LogP) is 4.02. The zero-order chi connectivity index (χ0) is 20.9. The Morgan fingerprint density at radius 3 is 2.73 bits per heavy atom. The number of nitrogens with one attached hydrogen (secondary N) is 1. The Hall–Kier alpha value is -2.27. The minimum atomic E-state index is -0.308.